The molecule has 0 aromatic carbocycles. The number of carbonyl (C=O) groups is 2. The largest absolute Gasteiger partial charge is 0.467 e. The zero-order valence-electron chi connectivity index (χ0n) is 14.3. The van der Waals surface area contributed by atoms with E-state index in [1.807, 2.05) is 31.4 Å². The van der Waals surface area contributed by atoms with E-state index >= 15 is 0 Å². The van der Waals surface area contributed by atoms with Crippen LogP contribution < -0.4 is 5.32 Å². The molecule has 6 nitrogen and oxygen atoms in total. The lowest BCUT2D eigenvalue weighted by atomic mass is 10.0. The molecule has 0 saturated heterocycles. The Morgan fingerprint density at radius 2 is 2.17 bits per heavy atom. The van der Waals surface area contributed by atoms with Gasteiger partial charge in [0.2, 0.25) is 11.8 Å². The quantitative estimate of drug-likeness (QED) is 0.777. The van der Waals surface area contributed by atoms with Gasteiger partial charge in [-0.05, 0) is 30.7 Å². The zero-order chi connectivity index (χ0) is 17.7. The van der Waals surface area contributed by atoms with Crippen molar-refractivity contribution in [1.82, 2.24) is 10.3 Å². The van der Waals surface area contributed by atoms with Crippen molar-refractivity contribution in [2.45, 2.75) is 39.7 Å². The number of thiophene rings is 1. The van der Waals surface area contributed by atoms with E-state index in [-0.39, 0.29) is 18.2 Å². The van der Waals surface area contributed by atoms with Crippen molar-refractivity contribution in [1.29, 1.82) is 0 Å². The number of aromatic nitrogens is 1. The predicted molar refractivity (Wildman–Crippen MR) is 91.7 cm³/mol. The molecule has 0 spiro atoms. The fourth-order valence-electron chi connectivity index (χ4n) is 2.32. The van der Waals surface area contributed by atoms with E-state index in [4.69, 9.17) is 9.15 Å². The first-order chi connectivity index (χ1) is 11.4. The van der Waals surface area contributed by atoms with Crippen LogP contribution in [0.5, 0.6) is 0 Å². The summed E-state index contributed by atoms with van der Waals surface area (Å²) in [5.74, 6) is 0.658. The van der Waals surface area contributed by atoms with Gasteiger partial charge < -0.3 is 14.5 Å². The van der Waals surface area contributed by atoms with Gasteiger partial charge >= 0.3 is 5.97 Å². The molecule has 0 saturated carbocycles. The number of rotatable bonds is 7. The number of hydrogen-bond donors (Lipinski definition) is 1. The first-order valence-electron chi connectivity index (χ1n) is 7.78. The van der Waals surface area contributed by atoms with Gasteiger partial charge in [-0.1, -0.05) is 19.9 Å². The molecule has 0 fully saturated rings. The summed E-state index contributed by atoms with van der Waals surface area (Å²) in [6.07, 6.45) is 0.586. The third-order valence-corrected chi connectivity index (χ3v) is 4.34. The van der Waals surface area contributed by atoms with Crippen LogP contribution in [0.1, 0.15) is 31.7 Å². The Morgan fingerprint density at radius 3 is 2.75 bits per heavy atom. The zero-order valence-corrected chi connectivity index (χ0v) is 15.1. The number of ether oxygens (including phenoxy) is 1. The Labute approximate surface area is 145 Å². The molecule has 2 aromatic heterocycles. The first-order valence-corrected chi connectivity index (χ1v) is 8.66. The van der Waals surface area contributed by atoms with Gasteiger partial charge in [-0.15, -0.1) is 11.3 Å². The summed E-state index contributed by atoms with van der Waals surface area (Å²) in [7, 11) is 1.32. The molecule has 7 heteroatoms. The lowest BCUT2D eigenvalue weighted by Gasteiger charge is -2.18. The lowest BCUT2D eigenvalue weighted by molar-refractivity contribution is -0.145. The second kappa shape index (κ2) is 8.10. The monoisotopic (exact) mass is 350 g/mol. The number of aryl methyl sites for hydroxylation is 1. The van der Waals surface area contributed by atoms with Crippen molar-refractivity contribution >= 4 is 23.2 Å². The highest BCUT2D eigenvalue weighted by Crippen LogP contribution is 2.26. The van der Waals surface area contributed by atoms with E-state index in [9.17, 15) is 9.59 Å². The van der Waals surface area contributed by atoms with Gasteiger partial charge in [0.15, 0.2) is 0 Å². The van der Waals surface area contributed by atoms with E-state index in [2.05, 4.69) is 10.3 Å². The van der Waals surface area contributed by atoms with Crippen LogP contribution in [-0.2, 0) is 20.7 Å². The number of nitrogens with one attached hydrogen (secondary N) is 1. The topological polar surface area (TPSA) is 81.4 Å². The normalized spacial score (nSPS) is 12.2. The van der Waals surface area contributed by atoms with Crippen LogP contribution >= 0.6 is 11.3 Å². The molecule has 0 bridgehead atoms. The summed E-state index contributed by atoms with van der Waals surface area (Å²) >= 11 is 1.52. The average molecular weight is 350 g/mol. The van der Waals surface area contributed by atoms with Crippen LogP contribution in [0.3, 0.4) is 0 Å². The maximum atomic E-state index is 12.3. The van der Waals surface area contributed by atoms with Gasteiger partial charge in [0.05, 0.1) is 24.1 Å². The van der Waals surface area contributed by atoms with Gasteiger partial charge in [-0.2, -0.15) is 0 Å². The van der Waals surface area contributed by atoms with Crippen LogP contribution in [0.4, 0.5) is 0 Å². The molecule has 130 valence electrons. The molecule has 1 N–H and O–H groups in total. The summed E-state index contributed by atoms with van der Waals surface area (Å²) in [5, 5.41) is 4.66. The second-order valence-corrected chi connectivity index (χ2v) is 6.90. The molecule has 2 heterocycles. The van der Waals surface area contributed by atoms with E-state index < -0.39 is 12.0 Å². The van der Waals surface area contributed by atoms with E-state index in [0.29, 0.717) is 23.8 Å². The van der Waals surface area contributed by atoms with Crippen LogP contribution in [0, 0.1) is 12.8 Å². The maximum Gasteiger partial charge on any atom is 0.328 e. The average Bonchev–Trinajstić information content (AvgIpc) is 3.15. The molecule has 24 heavy (non-hydrogen) atoms. The molecule has 1 unspecified atom stereocenters. The minimum absolute atomic E-state index is 0.0618. The summed E-state index contributed by atoms with van der Waals surface area (Å²) in [6, 6.07) is 3.18. The molecular formula is C17H22N2O4S. The highest BCUT2D eigenvalue weighted by atomic mass is 32.1. The number of nitrogens with zero attached hydrogens (tertiary/aromatic N) is 1. The van der Waals surface area contributed by atoms with Gasteiger partial charge in [-0.25, -0.2) is 9.78 Å². The standard InChI is InChI=1S/C17H22N2O4S/c1-10(2)8-13(17(21)22-4)18-15(20)9-12-11(3)23-16(19-12)14-6-5-7-24-14/h5-7,10,13H,8-9H2,1-4H3,(H,18,20). The Balaban J connectivity index is 2.04. The maximum absolute atomic E-state index is 12.3. The Hall–Kier alpha value is -2.15. The molecule has 0 radical (unpaired) electrons. The number of methoxy groups -OCH3 is 1. The highest BCUT2D eigenvalue weighted by Gasteiger charge is 2.24. The van der Waals surface area contributed by atoms with Crippen molar-refractivity contribution in [2.75, 3.05) is 7.11 Å². The second-order valence-electron chi connectivity index (χ2n) is 5.95. The van der Waals surface area contributed by atoms with Crippen LogP contribution in [0.2, 0.25) is 0 Å². The van der Waals surface area contributed by atoms with Crippen molar-refractivity contribution < 1.29 is 18.7 Å². The van der Waals surface area contributed by atoms with Crippen LogP contribution in [0.25, 0.3) is 10.8 Å². The fourth-order valence-corrected chi connectivity index (χ4v) is 2.97. The first kappa shape index (κ1) is 18.2. The SMILES string of the molecule is COC(=O)C(CC(C)C)NC(=O)Cc1nc(-c2cccs2)oc1C. The molecule has 0 aliphatic carbocycles. The van der Waals surface area contributed by atoms with Gasteiger partial charge in [0.25, 0.3) is 0 Å². The lowest BCUT2D eigenvalue weighted by Crippen LogP contribution is -2.43. The van der Waals surface area contributed by atoms with Crippen LogP contribution in [0.15, 0.2) is 21.9 Å². The summed E-state index contributed by atoms with van der Waals surface area (Å²) in [4.78, 5) is 29.4. The minimum Gasteiger partial charge on any atom is -0.467 e. The van der Waals surface area contributed by atoms with E-state index in [1.165, 1.54) is 18.4 Å². The van der Waals surface area contributed by atoms with Crippen molar-refractivity contribution in [3.05, 3.63) is 29.0 Å². The van der Waals surface area contributed by atoms with Crippen molar-refractivity contribution in [3.8, 4) is 10.8 Å². The number of oxazole rings is 1. The number of carbonyl (C=O) groups excluding carboxylic acids is 2. The molecule has 2 rings (SSSR count). The summed E-state index contributed by atoms with van der Waals surface area (Å²) in [5.41, 5.74) is 0.573. The van der Waals surface area contributed by atoms with Crippen molar-refractivity contribution in [2.24, 2.45) is 5.92 Å². The van der Waals surface area contributed by atoms with Crippen molar-refractivity contribution in [3.63, 3.8) is 0 Å². The smallest absolute Gasteiger partial charge is 0.328 e. The third-order valence-electron chi connectivity index (χ3n) is 3.48. The Morgan fingerprint density at radius 1 is 1.42 bits per heavy atom. The molecular weight excluding hydrogens is 328 g/mol. The Kier molecular flexibility index (Phi) is 6.14. The Bertz CT molecular complexity index is 692. The summed E-state index contributed by atoms with van der Waals surface area (Å²) < 4.78 is 10.4. The third kappa shape index (κ3) is 4.67. The fraction of sp³-hybridized carbons (Fsp3) is 0.471. The number of hydrogen-bond acceptors (Lipinski definition) is 6. The molecule has 0 aliphatic rings. The highest BCUT2D eigenvalue weighted by molar-refractivity contribution is 7.13. The molecule has 1 amide bonds. The van der Waals surface area contributed by atoms with Gasteiger partial charge in [0, 0.05) is 0 Å². The van der Waals surface area contributed by atoms with Gasteiger partial charge in [-0.3, -0.25) is 4.79 Å². The molecule has 2 aromatic rings. The summed E-state index contributed by atoms with van der Waals surface area (Å²) in [6.45, 7) is 5.74. The molecule has 1 atom stereocenters. The number of amides is 1. The van der Waals surface area contributed by atoms with Crippen LogP contribution in [-0.4, -0.2) is 30.0 Å². The van der Waals surface area contributed by atoms with E-state index in [1.54, 1.807) is 6.92 Å². The molecule has 0 aliphatic heterocycles. The van der Waals surface area contributed by atoms with E-state index in [0.717, 1.165) is 4.88 Å². The van der Waals surface area contributed by atoms with Gasteiger partial charge in [0.1, 0.15) is 11.8 Å². The minimum atomic E-state index is -0.647. The number of esters is 1. The predicted octanol–water partition coefficient (Wildman–Crippen LogP) is 2.96.